The zero-order valence-electron chi connectivity index (χ0n) is 14.7. The van der Waals surface area contributed by atoms with E-state index in [-0.39, 0.29) is 11.9 Å². The lowest BCUT2D eigenvalue weighted by molar-refractivity contribution is -0.168. The normalized spacial score (nSPS) is 34.1. The first-order chi connectivity index (χ1) is 10.8. The molecule has 0 spiro atoms. The molecule has 3 heteroatoms. The largest absolute Gasteiger partial charge is 0.456 e. The van der Waals surface area contributed by atoms with E-state index in [0.717, 1.165) is 32.1 Å². The van der Waals surface area contributed by atoms with Crippen molar-refractivity contribution in [2.75, 3.05) is 0 Å². The minimum absolute atomic E-state index is 0.108. The minimum atomic E-state index is -0.986. The van der Waals surface area contributed by atoms with E-state index in [1.54, 1.807) is 6.92 Å². The number of aliphatic hydroxyl groups is 1. The van der Waals surface area contributed by atoms with E-state index in [1.807, 2.05) is 0 Å². The lowest BCUT2D eigenvalue weighted by Gasteiger charge is -2.38. The molecular formula is C20H30O3. The molecule has 1 aliphatic heterocycles. The molecule has 3 atom stereocenters. The number of hydrogen-bond acceptors (Lipinski definition) is 3. The number of allylic oxidation sites excluding steroid dienone is 4. The Balaban J connectivity index is 2.21. The smallest absolute Gasteiger partial charge is 0.334 e. The van der Waals surface area contributed by atoms with Gasteiger partial charge in [-0.15, -0.1) is 0 Å². The third kappa shape index (κ3) is 4.81. The van der Waals surface area contributed by atoms with Gasteiger partial charge in [0.05, 0.1) is 5.60 Å². The second kappa shape index (κ2) is 7.48. The van der Waals surface area contributed by atoms with Gasteiger partial charge in [-0.25, -0.2) is 4.79 Å². The summed E-state index contributed by atoms with van der Waals surface area (Å²) in [5, 5.41) is 10.8. The van der Waals surface area contributed by atoms with Crippen LogP contribution >= 0.6 is 0 Å². The standard InChI is InChI=1S/C20H30O3/c1-14-7-5-8-15(2)10-11-17-13-18(23-19(21)16(17)3)20(4,22)12-6-9-14/h8-9,17-18,22H,3,5-7,10-13H2,1-2,4H3/t17-,18-,20+/m1/s1. The predicted octanol–water partition coefficient (Wildman–Crippen LogP) is 4.47. The number of hydrogen-bond donors (Lipinski definition) is 1. The van der Waals surface area contributed by atoms with Crippen LogP contribution < -0.4 is 0 Å². The molecule has 1 N–H and O–H groups in total. The monoisotopic (exact) mass is 318 g/mol. The number of esters is 1. The summed E-state index contributed by atoms with van der Waals surface area (Å²) in [6, 6.07) is 0. The molecule has 1 heterocycles. The average Bonchev–Trinajstić information content (AvgIpc) is 2.47. The summed E-state index contributed by atoms with van der Waals surface area (Å²) >= 11 is 0. The van der Waals surface area contributed by atoms with Gasteiger partial charge >= 0.3 is 5.97 Å². The maximum Gasteiger partial charge on any atom is 0.334 e. The van der Waals surface area contributed by atoms with Crippen LogP contribution in [0.3, 0.4) is 0 Å². The van der Waals surface area contributed by atoms with Crippen LogP contribution in [0.5, 0.6) is 0 Å². The summed E-state index contributed by atoms with van der Waals surface area (Å²) in [5.74, 6) is -0.233. The van der Waals surface area contributed by atoms with E-state index in [2.05, 4.69) is 32.6 Å². The Kier molecular flexibility index (Phi) is 5.85. The molecule has 1 fully saturated rings. The second-order valence-electron chi connectivity index (χ2n) is 7.43. The number of ether oxygens (including phenoxy) is 1. The quantitative estimate of drug-likeness (QED) is 0.407. The molecule has 1 aliphatic carbocycles. The molecule has 0 aromatic carbocycles. The molecule has 128 valence electrons. The number of fused-ring (bicyclic) bond motifs is 2. The van der Waals surface area contributed by atoms with Crippen LogP contribution in [-0.2, 0) is 9.53 Å². The van der Waals surface area contributed by atoms with E-state index >= 15 is 0 Å². The number of carbonyl (C=O) groups excluding carboxylic acids is 1. The average molecular weight is 318 g/mol. The van der Waals surface area contributed by atoms with Gasteiger partial charge in [-0.05, 0) is 71.6 Å². The molecule has 0 aromatic heterocycles. The Bertz CT molecular complexity index is 525. The molecule has 0 unspecified atom stereocenters. The van der Waals surface area contributed by atoms with Gasteiger partial charge in [-0.1, -0.05) is 29.9 Å². The fourth-order valence-corrected chi connectivity index (χ4v) is 3.42. The van der Waals surface area contributed by atoms with E-state index < -0.39 is 11.7 Å². The molecule has 0 aromatic rings. The van der Waals surface area contributed by atoms with Gasteiger partial charge in [-0.3, -0.25) is 0 Å². The Morgan fingerprint density at radius 2 is 1.87 bits per heavy atom. The molecule has 2 bridgehead atoms. The number of rotatable bonds is 0. The third-order valence-corrected chi connectivity index (χ3v) is 5.26. The fraction of sp³-hybridized carbons (Fsp3) is 0.650. The van der Waals surface area contributed by atoms with E-state index in [0.29, 0.717) is 18.4 Å². The molecule has 3 nitrogen and oxygen atoms in total. The fourth-order valence-electron chi connectivity index (χ4n) is 3.42. The highest BCUT2D eigenvalue weighted by Crippen LogP contribution is 2.36. The van der Waals surface area contributed by atoms with Crippen LogP contribution in [-0.4, -0.2) is 22.8 Å². The van der Waals surface area contributed by atoms with Crippen LogP contribution in [0.2, 0.25) is 0 Å². The molecule has 23 heavy (non-hydrogen) atoms. The van der Waals surface area contributed by atoms with Gasteiger partial charge in [0.1, 0.15) is 6.10 Å². The predicted molar refractivity (Wildman–Crippen MR) is 93.0 cm³/mol. The SMILES string of the molecule is C=C1C(=O)O[C@@H]2C[C@H]1CCC(C)=CCCC(C)=CCC[C@]2(C)O. The molecule has 0 saturated carbocycles. The molecular weight excluding hydrogens is 288 g/mol. The Morgan fingerprint density at radius 3 is 2.61 bits per heavy atom. The Morgan fingerprint density at radius 1 is 1.22 bits per heavy atom. The second-order valence-corrected chi connectivity index (χ2v) is 7.43. The maximum atomic E-state index is 12.1. The first kappa shape index (κ1) is 18.0. The van der Waals surface area contributed by atoms with Gasteiger partial charge in [-0.2, -0.15) is 0 Å². The van der Waals surface area contributed by atoms with Gasteiger partial charge in [0, 0.05) is 5.57 Å². The van der Waals surface area contributed by atoms with Crippen molar-refractivity contribution in [1.82, 2.24) is 0 Å². The third-order valence-electron chi connectivity index (χ3n) is 5.26. The molecule has 1 saturated heterocycles. The molecule has 0 radical (unpaired) electrons. The van der Waals surface area contributed by atoms with Crippen molar-refractivity contribution in [3.63, 3.8) is 0 Å². The summed E-state index contributed by atoms with van der Waals surface area (Å²) in [7, 11) is 0. The Labute approximate surface area is 140 Å². The summed E-state index contributed by atoms with van der Waals surface area (Å²) < 4.78 is 5.47. The first-order valence-corrected chi connectivity index (χ1v) is 8.73. The van der Waals surface area contributed by atoms with Crippen molar-refractivity contribution < 1.29 is 14.6 Å². The molecule has 2 rings (SSSR count). The van der Waals surface area contributed by atoms with Crippen molar-refractivity contribution in [3.8, 4) is 0 Å². The maximum absolute atomic E-state index is 12.1. The van der Waals surface area contributed by atoms with Crippen molar-refractivity contribution in [2.45, 2.75) is 77.4 Å². The first-order valence-electron chi connectivity index (χ1n) is 8.73. The van der Waals surface area contributed by atoms with Crippen LogP contribution in [0.15, 0.2) is 35.5 Å². The van der Waals surface area contributed by atoms with Crippen LogP contribution in [0.1, 0.15) is 65.7 Å². The van der Waals surface area contributed by atoms with E-state index in [9.17, 15) is 9.90 Å². The summed E-state index contributed by atoms with van der Waals surface area (Å²) in [6.45, 7) is 10.0. The summed E-state index contributed by atoms with van der Waals surface area (Å²) in [4.78, 5) is 12.1. The van der Waals surface area contributed by atoms with Crippen LogP contribution in [0.4, 0.5) is 0 Å². The summed E-state index contributed by atoms with van der Waals surface area (Å²) in [5.41, 5.74) is 2.30. The number of carbonyl (C=O) groups is 1. The molecule has 2 aliphatic rings. The van der Waals surface area contributed by atoms with Gasteiger partial charge in [0.15, 0.2) is 0 Å². The lowest BCUT2D eigenvalue weighted by atomic mass is 9.79. The van der Waals surface area contributed by atoms with Crippen molar-refractivity contribution >= 4 is 5.97 Å². The van der Waals surface area contributed by atoms with Crippen LogP contribution in [0, 0.1) is 5.92 Å². The lowest BCUT2D eigenvalue weighted by Crippen LogP contribution is -2.47. The highest BCUT2D eigenvalue weighted by Gasteiger charge is 2.41. The summed E-state index contributed by atoms with van der Waals surface area (Å²) in [6.07, 6.45) is 10.1. The van der Waals surface area contributed by atoms with E-state index in [1.165, 1.54) is 11.1 Å². The Hall–Kier alpha value is -1.35. The van der Waals surface area contributed by atoms with Crippen molar-refractivity contribution in [1.29, 1.82) is 0 Å². The molecule has 0 amide bonds. The van der Waals surface area contributed by atoms with Gasteiger partial charge in [0.2, 0.25) is 0 Å². The zero-order valence-corrected chi connectivity index (χ0v) is 14.7. The topological polar surface area (TPSA) is 46.5 Å². The van der Waals surface area contributed by atoms with Crippen molar-refractivity contribution in [3.05, 3.63) is 35.5 Å². The highest BCUT2D eigenvalue weighted by atomic mass is 16.6. The minimum Gasteiger partial charge on any atom is -0.456 e. The van der Waals surface area contributed by atoms with Crippen molar-refractivity contribution in [2.24, 2.45) is 5.92 Å². The van der Waals surface area contributed by atoms with Gasteiger partial charge in [0.25, 0.3) is 0 Å². The zero-order chi connectivity index (χ0) is 17.0. The highest BCUT2D eigenvalue weighted by molar-refractivity contribution is 5.89. The van der Waals surface area contributed by atoms with E-state index in [4.69, 9.17) is 4.74 Å². The van der Waals surface area contributed by atoms with Gasteiger partial charge < -0.3 is 9.84 Å². The van der Waals surface area contributed by atoms with Crippen LogP contribution in [0.25, 0.3) is 0 Å².